The Morgan fingerprint density at radius 2 is 1.76 bits per heavy atom. The molecule has 0 atom stereocenters. The van der Waals surface area contributed by atoms with Gasteiger partial charge in [-0.2, -0.15) is 18.3 Å². The molecule has 0 saturated carbocycles. The summed E-state index contributed by atoms with van der Waals surface area (Å²) in [5, 5.41) is 23.1. The van der Waals surface area contributed by atoms with Crippen molar-refractivity contribution in [2.75, 3.05) is 0 Å². The average Bonchev–Trinajstić information content (AvgIpc) is 3.14. The summed E-state index contributed by atoms with van der Waals surface area (Å²) in [4.78, 5) is 12.9. The monoisotopic (exact) mass is 402 g/mol. The van der Waals surface area contributed by atoms with Gasteiger partial charge in [0.05, 0.1) is 22.8 Å². The summed E-state index contributed by atoms with van der Waals surface area (Å²) >= 11 is 0. The first kappa shape index (κ1) is 18.6. The summed E-state index contributed by atoms with van der Waals surface area (Å²) in [7, 11) is 0. The smallest absolute Gasteiger partial charge is 0.450 e. The molecule has 148 valence electrons. The van der Waals surface area contributed by atoms with E-state index in [0.717, 1.165) is 23.9 Å². The van der Waals surface area contributed by atoms with Gasteiger partial charge >= 0.3 is 6.18 Å². The highest BCUT2D eigenvalue weighted by molar-refractivity contribution is 5.88. The van der Waals surface area contributed by atoms with E-state index in [1.54, 1.807) is 12.1 Å². The third kappa shape index (κ3) is 3.10. The van der Waals surface area contributed by atoms with Crippen LogP contribution < -0.4 is 5.43 Å². The lowest BCUT2D eigenvalue weighted by Gasteiger charge is -2.12. The van der Waals surface area contributed by atoms with Crippen LogP contribution in [0.25, 0.3) is 27.8 Å². The van der Waals surface area contributed by atoms with Crippen LogP contribution in [-0.2, 0) is 6.18 Å². The Morgan fingerprint density at radius 1 is 1.07 bits per heavy atom. The predicted molar refractivity (Wildman–Crippen MR) is 98.1 cm³/mol. The Kier molecular flexibility index (Phi) is 4.11. The number of nitrogens with zero attached hydrogens (tertiary/aromatic N) is 2. The van der Waals surface area contributed by atoms with Crippen molar-refractivity contribution in [1.29, 1.82) is 0 Å². The third-order valence-corrected chi connectivity index (χ3v) is 4.44. The van der Waals surface area contributed by atoms with Gasteiger partial charge in [0.1, 0.15) is 0 Å². The number of aromatic nitrogens is 2. The molecule has 0 bridgehead atoms. The number of aromatic hydroxyl groups is 2. The highest BCUT2D eigenvalue weighted by atomic mass is 19.4. The number of rotatable bonds is 2. The lowest BCUT2D eigenvalue weighted by Crippen LogP contribution is -2.15. The summed E-state index contributed by atoms with van der Waals surface area (Å²) in [5.41, 5.74) is -0.967. The Balaban J connectivity index is 1.98. The second-order valence-corrected chi connectivity index (χ2v) is 6.45. The zero-order valence-electron chi connectivity index (χ0n) is 14.9. The maximum atomic E-state index is 13.6. The van der Waals surface area contributed by atoms with Gasteiger partial charge in [-0.1, -0.05) is 17.7 Å². The van der Waals surface area contributed by atoms with Crippen molar-refractivity contribution in [1.82, 2.24) is 9.78 Å². The van der Waals surface area contributed by atoms with Crippen LogP contribution in [0.4, 0.5) is 13.2 Å². The molecule has 9 heteroatoms. The van der Waals surface area contributed by atoms with E-state index in [-0.39, 0.29) is 10.9 Å². The first-order valence-corrected chi connectivity index (χ1v) is 8.38. The topological polar surface area (TPSA) is 88.5 Å². The van der Waals surface area contributed by atoms with Gasteiger partial charge in [0.15, 0.2) is 11.3 Å². The van der Waals surface area contributed by atoms with E-state index >= 15 is 0 Å². The van der Waals surface area contributed by atoms with Crippen LogP contribution in [0.2, 0.25) is 0 Å². The number of halogens is 3. The molecule has 4 aromatic rings. The molecular weight excluding hydrogens is 389 g/mol. The molecule has 2 heterocycles. The average molecular weight is 402 g/mol. The standard InChI is InChI=1S/C20H13F3N2O4/c1-10-2-4-12(5-3-10)25-9-11(8-24-25)15-16(27)13-6-7-14(26)17(28)18(13)29-19(15)20(21,22)23/h2-9,26,28H,1H3. The van der Waals surface area contributed by atoms with Gasteiger partial charge in [-0.05, 0) is 31.2 Å². The molecule has 0 amide bonds. The molecule has 0 unspecified atom stereocenters. The van der Waals surface area contributed by atoms with Crippen molar-refractivity contribution in [2.45, 2.75) is 13.1 Å². The molecule has 0 spiro atoms. The normalized spacial score (nSPS) is 11.9. The molecule has 6 nitrogen and oxygen atoms in total. The van der Waals surface area contributed by atoms with E-state index in [1.165, 1.54) is 10.9 Å². The molecule has 2 aromatic heterocycles. The second kappa shape index (κ2) is 6.40. The molecule has 0 saturated heterocycles. The number of phenolic OH excluding ortho intramolecular Hbond substituents is 2. The molecule has 2 aromatic carbocycles. The molecule has 4 rings (SSSR count). The van der Waals surface area contributed by atoms with Crippen LogP contribution in [0, 0.1) is 6.92 Å². The maximum absolute atomic E-state index is 13.6. The predicted octanol–water partition coefficient (Wildman–Crippen LogP) is 4.38. The quantitative estimate of drug-likeness (QED) is 0.486. The largest absolute Gasteiger partial charge is 0.504 e. The highest BCUT2D eigenvalue weighted by Gasteiger charge is 2.40. The molecule has 0 aliphatic heterocycles. The van der Waals surface area contributed by atoms with Gasteiger partial charge in [-0.25, -0.2) is 4.68 Å². The SMILES string of the molecule is Cc1ccc(-n2cc(-c3c(C(F)(F)F)oc4c(O)c(O)ccc4c3=O)cn2)cc1. The van der Waals surface area contributed by atoms with Crippen molar-refractivity contribution in [2.24, 2.45) is 0 Å². The van der Waals surface area contributed by atoms with Crippen LogP contribution in [0.5, 0.6) is 11.5 Å². The van der Waals surface area contributed by atoms with Crippen molar-refractivity contribution in [3.8, 4) is 28.3 Å². The molecule has 29 heavy (non-hydrogen) atoms. The Labute approximate surface area is 161 Å². The van der Waals surface area contributed by atoms with Gasteiger partial charge in [-0.3, -0.25) is 4.79 Å². The lowest BCUT2D eigenvalue weighted by atomic mass is 10.0. The van der Waals surface area contributed by atoms with Crippen molar-refractivity contribution >= 4 is 11.0 Å². The summed E-state index contributed by atoms with van der Waals surface area (Å²) in [6.45, 7) is 1.89. The van der Waals surface area contributed by atoms with E-state index in [1.807, 2.05) is 19.1 Å². The van der Waals surface area contributed by atoms with Crippen molar-refractivity contribution in [3.63, 3.8) is 0 Å². The Bertz CT molecular complexity index is 1290. The zero-order chi connectivity index (χ0) is 20.9. The lowest BCUT2D eigenvalue weighted by molar-refractivity contribution is -0.152. The summed E-state index contributed by atoms with van der Waals surface area (Å²) in [6.07, 6.45) is -2.60. The van der Waals surface area contributed by atoms with E-state index in [2.05, 4.69) is 5.10 Å². The van der Waals surface area contributed by atoms with E-state index < -0.39 is 40.0 Å². The first-order chi connectivity index (χ1) is 13.7. The summed E-state index contributed by atoms with van der Waals surface area (Å²) < 4.78 is 47.1. The fraction of sp³-hybridized carbons (Fsp3) is 0.100. The van der Waals surface area contributed by atoms with Crippen LogP contribution in [0.15, 0.2) is 58.0 Å². The fourth-order valence-electron chi connectivity index (χ4n) is 2.99. The van der Waals surface area contributed by atoms with Crippen LogP contribution in [0.1, 0.15) is 11.3 Å². The maximum Gasteiger partial charge on any atom is 0.450 e. The van der Waals surface area contributed by atoms with Crippen molar-refractivity contribution in [3.05, 3.63) is 70.3 Å². The van der Waals surface area contributed by atoms with Gasteiger partial charge in [0.25, 0.3) is 0 Å². The minimum Gasteiger partial charge on any atom is -0.504 e. The number of phenols is 2. The first-order valence-electron chi connectivity index (χ1n) is 8.38. The Hall–Kier alpha value is -3.75. The molecule has 0 aliphatic rings. The van der Waals surface area contributed by atoms with Crippen LogP contribution >= 0.6 is 0 Å². The number of hydrogen-bond acceptors (Lipinski definition) is 5. The van der Waals surface area contributed by atoms with Crippen molar-refractivity contribution < 1.29 is 27.8 Å². The zero-order valence-corrected chi connectivity index (χ0v) is 14.9. The molecule has 0 aliphatic carbocycles. The number of aryl methyl sites for hydroxylation is 1. The van der Waals surface area contributed by atoms with Gasteiger partial charge < -0.3 is 14.6 Å². The van der Waals surface area contributed by atoms with Gasteiger partial charge in [0, 0.05) is 11.8 Å². The molecule has 0 fully saturated rings. The fourth-order valence-corrected chi connectivity index (χ4v) is 2.99. The number of benzene rings is 2. The third-order valence-electron chi connectivity index (χ3n) is 4.44. The van der Waals surface area contributed by atoms with E-state index in [9.17, 15) is 28.2 Å². The Morgan fingerprint density at radius 3 is 2.41 bits per heavy atom. The van der Waals surface area contributed by atoms with E-state index in [4.69, 9.17) is 4.42 Å². The minimum absolute atomic E-state index is 0.0962. The van der Waals surface area contributed by atoms with Crippen LogP contribution in [0.3, 0.4) is 0 Å². The van der Waals surface area contributed by atoms with Gasteiger partial charge in [-0.15, -0.1) is 0 Å². The van der Waals surface area contributed by atoms with Gasteiger partial charge in [0.2, 0.25) is 16.9 Å². The highest BCUT2D eigenvalue weighted by Crippen LogP contribution is 2.40. The molecule has 2 N–H and O–H groups in total. The molecular formula is C20H13F3N2O4. The molecule has 0 radical (unpaired) electrons. The number of fused-ring (bicyclic) bond motifs is 1. The number of alkyl halides is 3. The number of hydrogen-bond donors (Lipinski definition) is 2. The van der Waals surface area contributed by atoms with Crippen LogP contribution in [-0.4, -0.2) is 20.0 Å². The summed E-state index contributed by atoms with van der Waals surface area (Å²) in [5.74, 6) is -3.22. The second-order valence-electron chi connectivity index (χ2n) is 6.45. The minimum atomic E-state index is -5.02. The summed E-state index contributed by atoms with van der Waals surface area (Å²) in [6, 6.07) is 9.20. The van der Waals surface area contributed by atoms with E-state index in [0.29, 0.717) is 5.69 Å².